The molecular formula is C22H45N3O3. The fourth-order valence-electron chi connectivity index (χ4n) is 3.34. The summed E-state index contributed by atoms with van der Waals surface area (Å²) < 4.78 is 6.10. The van der Waals surface area contributed by atoms with Crippen molar-refractivity contribution >= 4 is 11.8 Å². The van der Waals surface area contributed by atoms with Gasteiger partial charge in [0.25, 0.3) is 0 Å². The third-order valence-electron chi connectivity index (χ3n) is 5.23. The lowest BCUT2D eigenvalue weighted by Gasteiger charge is -2.31. The molecule has 6 heteroatoms. The maximum absolute atomic E-state index is 12.5. The number of amides is 2. The molecule has 28 heavy (non-hydrogen) atoms. The largest absolute Gasteiger partial charge is 0.373 e. The van der Waals surface area contributed by atoms with E-state index < -0.39 is 5.60 Å². The second-order valence-corrected chi connectivity index (χ2v) is 8.88. The molecule has 3 unspecified atom stereocenters. The summed E-state index contributed by atoms with van der Waals surface area (Å²) >= 11 is 0. The van der Waals surface area contributed by atoms with Crippen LogP contribution < -0.4 is 16.4 Å². The van der Waals surface area contributed by atoms with E-state index in [4.69, 9.17) is 10.5 Å². The van der Waals surface area contributed by atoms with Gasteiger partial charge in [-0.15, -0.1) is 0 Å². The Kier molecular flexibility index (Phi) is 13.4. The molecule has 0 aromatic rings. The highest BCUT2D eigenvalue weighted by atomic mass is 16.5. The Hall–Kier alpha value is -1.14. The van der Waals surface area contributed by atoms with Crippen molar-refractivity contribution in [1.29, 1.82) is 0 Å². The Bertz CT molecular complexity index is 452. The monoisotopic (exact) mass is 399 g/mol. The highest BCUT2D eigenvalue weighted by Gasteiger charge is 2.28. The Morgan fingerprint density at radius 1 is 0.964 bits per heavy atom. The summed E-state index contributed by atoms with van der Waals surface area (Å²) in [6.07, 6.45) is 3.67. The van der Waals surface area contributed by atoms with Gasteiger partial charge < -0.3 is 21.1 Å². The molecule has 0 radical (unpaired) electrons. The average Bonchev–Trinajstić information content (AvgIpc) is 2.64. The Balaban J connectivity index is 4.65. The number of carbonyl (C=O) groups excluding carboxylic acids is 2. The second-order valence-electron chi connectivity index (χ2n) is 8.88. The smallest absolute Gasteiger partial charge is 0.223 e. The van der Waals surface area contributed by atoms with Crippen LogP contribution in [0.25, 0.3) is 0 Å². The van der Waals surface area contributed by atoms with Crippen LogP contribution in [0.2, 0.25) is 0 Å². The van der Waals surface area contributed by atoms with Crippen LogP contribution in [0.1, 0.15) is 74.1 Å². The van der Waals surface area contributed by atoms with Crippen LogP contribution in [0, 0.1) is 23.7 Å². The third kappa shape index (κ3) is 10.4. The first kappa shape index (κ1) is 26.9. The SMILES string of the molecule is CCCC(C(=O)NCC(C)(C)OCC(C)C(CCC)C(=O)NCCN)C(C)C. The van der Waals surface area contributed by atoms with Crippen LogP contribution >= 0.6 is 0 Å². The first-order valence-corrected chi connectivity index (χ1v) is 11.0. The maximum atomic E-state index is 12.5. The summed E-state index contributed by atoms with van der Waals surface area (Å²) in [4.78, 5) is 24.9. The quantitative estimate of drug-likeness (QED) is 0.394. The minimum Gasteiger partial charge on any atom is -0.373 e. The van der Waals surface area contributed by atoms with Gasteiger partial charge in [-0.3, -0.25) is 9.59 Å². The standard InChI is InChI=1S/C22H45N3O3/c1-8-10-18(16(3)4)20(26)25-15-22(6,7)28-14-17(5)19(11-9-2)21(27)24-13-12-23/h16-19H,8-15,23H2,1-7H3,(H,24,27)(H,25,26). The van der Waals surface area contributed by atoms with E-state index in [9.17, 15) is 9.59 Å². The van der Waals surface area contributed by atoms with Crippen molar-refractivity contribution in [2.24, 2.45) is 29.4 Å². The van der Waals surface area contributed by atoms with Gasteiger partial charge in [-0.05, 0) is 38.5 Å². The second kappa shape index (κ2) is 13.9. The molecule has 0 aliphatic heterocycles. The van der Waals surface area contributed by atoms with E-state index in [0.29, 0.717) is 32.2 Å². The van der Waals surface area contributed by atoms with E-state index in [1.807, 2.05) is 20.8 Å². The minimum atomic E-state index is -0.484. The van der Waals surface area contributed by atoms with Crippen molar-refractivity contribution in [2.75, 3.05) is 26.2 Å². The van der Waals surface area contributed by atoms with Crippen molar-refractivity contribution in [3.8, 4) is 0 Å². The van der Waals surface area contributed by atoms with Crippen LogP contribution in [-0.2, 0) is 14.3 Å². The van der Waals surface area contributed by atoms with Gasteiger partial charge >= 0.3 is 0 Å². The van der Waals surface area contributed by atoms with Crippen molar-refractivity contribution in [1.82, 2.24) is 10.6 Å². The van der Waals surface area contributed by atoms with Gasteiger partial charge in [0.2, 0.25) is 11.8 Å². The molecule has 0 aromatic heterocycles. The molecule has 3 atom stereocenters. The highest BCUT2D eigenvalue weighted by molar-refractivity contribution is 5.79. The Morgan fingerprint density at radius 2 is 1.50 bits per heavy atom. The molecule has 2 amide bonds. The van der Waals surface area contributed by atoms with Gasteiger partial charge in [0, 0.05) is 31.5 Å². The lowest BCUT2D eigenvalue weighted by atomic mass is 9.89. The molecule has 0 saturated heterocycles. The summed E-state index contributed by atoms with van der Waals surface area (Å²) in [6.45, 7) is 16.3. The Labute approximate surface area is 172 Å². The van der Waals surface area contributed by atoms with Gasteiger partial charge in [-0.2, -0.15) is 0 Å². The molecule has 0 aliphatic carbocycles. The third-order valence-corrected chi connectivity index (χ3v) is 5.23. The maximum Gasteiger partial charge on any atom is 0.223 e. The number of hydrogen-bond donors (Lipinski definition) is 3. The number of carbonyl (C=O) groups is 2. The van der Waals surface area contributed by atoms with Gasteiger partial charge in [-0.25, -0.2) is 0 Å². The van der Waals surface area contributed by atoms with Gasteiger partial charge in [0.1, 0.15) is 0 Å². The van der Waals surface area contributed by atoms with Crippen molar-refractivity contribution in [2.45, 2.75) is 79.8 Å². The van der Waals surface area contributed by atoms with Crippen LogP contribution in [0.15, 0.2) is 0 Å². The molecule has 0 heterocycles. The molecule has 4 N–H and O–H groups in total. The van der Waals surface area contributed by atoms with Crippen LogP contribution in [0.4, 0.5) is 0 Å². The van der Waals surface area contributed by atoms with E-state index in [-0.39, 0.29) is 29.6 Å². The highest BCUT2D eigenvalue weighted by Crippen LogP contribution is 2.22. The first-order valence-electron chi connectivity index (χ1n) is 11.0. The fraction of sp³-hybridized carbons (Fsp3) is 0.909. The lowest BCUT2D eigenvalue weighted by molar-refractivity contribution is -0.130. The van der Waals surface area contributed by atoms with Crippen LogP contribution in [0.3, 0.4) is 0 Å². The zero-order valence-electron chi connectivity index (χ0n) is 19.3. The minimum absolute atomic E-state index is 0.0416. The zero-order chi connectivity index (χ0) is 21.7. The molecule has 0 saturated carbocycles. The predicted molar refractivity (Wildman–Crippen MR) is 116 cm³/mol. The molecule has 0 aliphatic rings. The molecule has 0 aromatic carbocycles. The molecule has 0 bridgehead atoms. The first-order chi connectivity index (χ1) is 13.1. The summed E-state index contributed by atoms with van der Waals surface area (Å²) in [5.41, 5.74) is 5.00. The molecule has 0 spiro atoms. The molecule has 6 nitrogen and oxygen atoms in total. The Morgan fingerprint density at radius 3 is 2.00 bits per heavy atom. The van der Waals surface area contributed by atoms with Crippen molar-refractivity contribution in [3.05, 3.63) is 0 Å². The van der Waals surface area contributed by atoms with E-state index in [1.165, 1.54) is 0 Å². The van der Waals surface area contributed by atoms with Crippen LogP contribution in [0.5, 0.6) is 0 Å². The van der Waals surface area contributed by atoms with Crippen molar-refractivity contribution < 1.29 is 14.3 Å². The number of hydrogen-bond acceptors (Lipinski definition) is 4. The van der Waals surface area contributed by atoms with Crippen molar-refractivity contribution in [3.63, 3.8) is 0 Å². The van der Waals surface area contributed by atoms with E-state index in [1.54, 1.807) is 0 Å². The number of rotatable bonds is 15. The average molecular weight is 400 g/mol. The zero-order valence-corrected chi connectivity index (χ0v) is 19.3. The van der Waals surface area contributed by atoms with Gasteiger partial charge in [0.15, 0.2) is 0 Å². The predicted octanol–water partition coefficient (Wildman–Crippen LogP) is 3.10. The van der Waals surface area contributed by atoms with Gasteiger partial charge in [0.05, 0.1) is 12.2 Å². The summed E-state index contributed by atoms with van der Waals surface area (Å²) in [7, 11) is 0. The summed E-state index contributed by atoms with van der Waals surface area (Å²) in [6, 6.07) is 0. The van der Waals surface area contributed by atoms with Crippen LogP contribution in [-0.4, -0.2) is 43.7 Å². The number of nitrogens with one attached hydrogen (secondary N) is 2. The lowest BCUT2D eigenvalue weighted by Crippen LogP contribution is -2.45. The fourth-order valence-corrected chi connectivity index (χ4v) is 3.34. The number of nitrogens with two attached hydrogens (primary N) is 1. The molecule has 0 fully saturated rings. The summed E-state index contributed by atoms with van der Waals surface area (Å²) in [5, 5.41) is 5.95. The number of ether oxygens (including phenoxy) is 1. The summed E-state index contributed by atoms with van der Waals surface area (Å²) in [5.74, 6) is 0.527. The van der Waals surface area contributed by atoms with E-state index in [2.05, 4.69) is 38.3 Å². The molecular weight excluding hydrogens is 354 g/mol. The topological polar surface area (TPSA) is 93.4 Å². The van der Waals surface area contributed by atoms with E-state index >= 15 is 0 Å². The molecule has 0 rings (SSSR count). The normalized spacial score (nSPS) is 15.2. The van der Waals surface area contributed by atoms with E-state index in [0.717, 1.165) is 25.7 Å². The molecule has 166 valence electrons. The van der Waals surface area contributed by atoms with Gasteiger partial charge in [-0.1, -0.05) is 47.5 Å².